The van der Waals surface area contributed by atoms with E-state index < -0.39 is 0 Å². The average Bonchev–Trinajstić information content (AvgIpc) is 3.01. The smallest absolute Gasteiger partial charge is 0.214 e. The third kappa shape index (κ3) is 2.90. The number of hydrogen-bond donors (Lipinski definition) is 1. The minimum Gasteiger partial charge on any atom is -0.492 e. The summed E-state index contributed by atoms with van der Waals surface area (Å²) in [5.41, 5.74) is 6.84. The number of rotatable bonds is 4. The van der Waals surface area contributed by atoms with E-state index in [4.69, 9.17) is 26.5 Å². The molecule has 3 aromatic rings. The van der Waals surface area contributed by atoms with Crippen molar-refractivity contribution in [1.29, 1.82) is 0 Å². The first-order chi connectivity index (χ1) is 11.7. The van der Waals surface area contributed by atoms with Crippen LogP contribution in [0.1, 0.15) is 6.92 Å². The first-order valence-electron chi connectivity index (χ1n) is 7.56. The molecule has 0 unspecified atom stereocenters. The molecule has 2 N–H and O–H groups in total. The molecule has 0 saturated heterocycles. The molecule has 0 aliphatic carbocycles. The van der Waals surface area contributed by atoms with Crippen LogP contribution in [-0.4, -0.2) is 19.6 Å². The fourth-order valence-electron chi connectivity index (χ4n) is 2.53. The number of anilines is 2. The largest absolute Gasteiger partial charge is 0.492 e. The van der Waals surface area contributed by atoms with Crippen molar-refractivity contribution in [3.8, 4) is 5.75 Å². The lowest BCUT2D eigenvalue weighted by molar-refractivity contribution is 0.341. The second-order valence-electron chi connectivity index (χ2n) is 5.09. The summed E-state index contributed by atoms with van der Waals surface area (Å²) in [5.74, 6) is 1.49. The van der Waals surface area contributed by atoms with Gasteiger partial charge in [-0.05, 0) is 31.2 Å². The molecular weight excluding hydrogens is 326 g/mol. The van der Waals surface area contributed by atoms with Gasteiger partial charge in [0.2, 0.25) is 11.8 Å². The molecule has 3 rings (SSSR count). The summed E-state index contributed by atoms with van der Waals surface area (Å²) in [5, 5.41) is 2.46. The number of furan rings is 1. The molecule has 0 fully saturated rings. The van der Waals surface area contributed by atoms with Gasteiger partial charge >= 0.3 is 0 Å². The van der Waals surface area contributed by atoms with E-state index in [9.17, 15) is 0 Å². The molecule has 1 heterocycles. The van der Waals surface area contributed by atoms with Crippen molar-refractivity contribution in [1.82, 2.24) is 0 Å². The first-order valence-corrected chi connectivity index (χ1v) is 7.94. The highest BCUT2D eigenvalue weighted by Crippen LogP contribution is 2.39. The standard InChI is InChI=1S/C18H18ClN3O2/c1-3-23-16-9-8-13(19)10-15(16)22(18(20)21-2)17-14-7-5-4-6-12(14)11-24-17/h4-11H,3H2,1-2H3,(H2,20,21). The zero-order valence-corrected chi connectivity index (χ0v) is 14.2. The van der Waals surface area contributed by atoms with Crippen LogP contribution in [0.4, 0.5) is 11.6 Å². The number of fused-ring (bicyclic) bond motifs is 1. The summed E-state index contributed by atoms with van der Waals surface area (Å²) in [6.45, 7) is 2.44. The van der Waals surface area contributed by atoms with E-state index in [0.29, 0.717) is 29.0 Å². The maximum atomic E-state index is 6.20. The van der Waals surface area contributed by atoms with Gasteiger partial charge in [0.1, 0.15) is 12.0 Å². The van der Waals surface area contributed by atoms with E-state index in [1.54, 1.807) is 30.3 Å². The van der Waals surface area contributed by atoms with E-state index in [0.717, 1.165) is 10.8 Å². The average molecular weight is 344 g/mol. The Labute approximate surface area is 145 Å². The Bertz CT molecular complexity index is 889. The van der Waals surface area contributed by atoms with Gasteiger partial charge in [-0.25, -0.2) is 4.90 Å². The van der Waals surface area contributed by atoms with Crippen LogP contribution in [0.25, 0.3) is 10.8 Å². The van der Waals surface area contributed by atoms with Crippen LogP contribution in [0.15, 0.2) is 58.1 Å². The van der Waals surface area contributed by atoms with Crippen molar-refractivity contribution in [3.05, 3.63) is 53.8 Å². The van der Waals surface area contributed by atoms with Crippen molar-refractivity contribution in [3.63, 3.8) is 0 Å². The molecule has 1 aromatic heterocycles. The highest BCUT2D eigenvalue weighted by Gasteiger charge is 2.23. The Morgan fingerprint density at radius 3 is 2.83 bits per heavy atom. The Balaban J connectivity index is 2.24. The van der Waals surface area contributed by atoms with Gasteiger partial charge in [-0.15, -0.1) is 0 Å². The van der Waals surface area contributed by atoms with E-state index in [2.05, 4.69) is 4.99 Å². The van der Waals surface area contributed by atoms with Gasteiger partial charge in [-0.3, -0.25) is 4.99 Å². The maximum Gasteiger partial charge on any atom is 0.214 e. The summed E-state index contributed by atoms with van der Waals surface area (Å²) in [6.07, 6.45) is 1.69. The Morgan fingerprint density at radius 1 is 1.29 bits per heavy atom. The van der Waals surface area contributed by atoms with E-state index in [1.165, 1.54) is 0 Å². The molecule has 24 heavy (non-hydrogen) atoms. The summed E-state index contributed by atoms with van der Waals surface area (Å²) in [7, 11) is 1.62. The second-order valence-corrected chi connectivity index (χ2v) is 5.53. The number of hydrogen-bond acceptors (Lipinski definition) is 3. The van der Waals surface area contributed by atoms with Crippen molar-refractivity contribution in [2.75, 3.05) is 18.6 Å². The predicted molar refractivity (Wildman–Crippen MR) is 98.5 cm³/mol. The van der Waals surface area contributed by atoms with Crippen LogP contribution in [0, 0.1) is 0 Å². The molecule has 0 aliphatic rings. The predicted octanol–water partition coefficient (Wildman–Crippen LogP) is 4.57. The SMILES string of the molecule is CCOc1ccc(Cl)cc1N(C(N)=NC)c1occ2ccccc12. The van der Waals surface area contributed by atoms with Crippen LogP contribution in [-0.2, 0) is 0 Å². The quantitative estimate of drug-likeness (QED) is 0.556. The molecule has 0 spiro atoms. The fourth-order valence-corrected chi connectivity index (χ4v) is 2.70. The van der Waals surface area contributed by atoms with E-state index >= 15 is 0 Å². The lowest BCUT2D eigenvalue weighted by atomic mass is 10.2. The van der Waals surface area contributed by atoms with Crippen LogP contribution in [0.2, 0.25) is 5.02 Å². The van der Waals surface area contributed by atoms with Crippen LogP contribution in [0.5, 0.6) is 5.75 Å². The molecule has 0 amide bonds. The fraction of sp³-hybridized carbons (Fsp3) is 0.167. The van der Waals surface area contributed by atoms with E-state index in [-0.39, 0.29) is 5.96 Å². The minimum atomic E-state index is 0.276. The minimum absolute atomic E-state index is 0.276. The number of nitrogens with zero attached hydrogens (tertiary/aromatic N) is 2. The van der Waals surface area contributed by atoms with Gasteiger partial charge in [0.25, 0.3) is 0 Å². The molecule has 124 valence electrons. The highest BCUT2D eigenvalue weighted by atomic mass is 35.5. The topological polar surface area (TPSA) is 64.0 Å². The third-order valence-electron chi connectivity index (χ3n) is 3.61. The van der Waals surface area contributed by atoms with Gasteiger partial charge in [0, 0.05) is 22.8 Å². The first kappa shape index (κ1) is 16.2. The monoisotopic (exact) mass is 343 g/mol. The Kier molecular flexibility index (Phi) is 4.62. The zero-order chi connectivity index (χ0) is 17.1. The summed E-state index contributed by atoms with van der Waals surface area (Å²) in [6, 6.07) is 13.2. The Hall–Kier alpha value is -2.66. The van der Waals surface area contributed by atoms with Gasteiger partial charge < -0.3 is 14.9 Å². The molecule has 2 aromatic carbocycles. The third-order valence-corrected chi connectivity index (χ3v) is 3.85. The number of guanidine groups is 1. The molecule has 6 heteroatoms. The van der Waals surface area contributed by atoms with E-state index in [1.807, 2.05) is 37.3 Å². The molecule has 5 nitrogen and oxygen atoms in total. The van der Waals surface area contributed by atoms with Gasteiger partial charge in [0.15, 0.2) is 0 Å². The van der Waals surface area contributed by atoms with Crippen molar-refractivity contribution in [2.45, 2.75) is 6.92 Å². The van der Waals surface area contributed by atoms with Crippen molar-refractivity contribution in [2.24, 2.45) is 10.7 Å². The molecule has 0 atom stereocenters. The maximum absolute atomic E-state index is 6.20. The highest BCUT2D eigenvalue weighted by molar-refractivity contribution is 6.31. The van der Waals surface area contributed by atoms with Crippen LogP contribution in [0.3, 0.4) is 0 Å². The van der Waals surface area contributed by atoms with Gasteiger partial charge in [0.05, 0.1) is 12.3 Å². The number of nitrogens with two attached hydrogens (primary N) is 1. The van der Waals surface area contributed by atoms with Gasteiger partial charge in [-0.1, -0.05) is 29.8 Å². The lowest BCUT2D eigenvalue weighted by Crippen LogP contribution is -2.33. The molecular formula is C18H18ClN3O2. The van der Waals surface area contributed by atoms with Crippen molar-refractivity contribution >= 4 is 39.9 Å². The molecule has 0 saturated carbocycles. The molecule has 0 bridgehead atoms. The number of halogens is 1. The number of aliphatic imine (C=N–C) groups is 1. The second kappa shape index (κ2) is 6.84. The number of benzene rings is 2. The molecule has 0 radical (unpaired) electrons. The zero-order valence-electron chi connectivity index (χ0n) is 13.5. The lowest BCUT2D eigenvalue weighted by Gasteiger charge is -2.24. The summed E-state index contributed by atoms with van der Waals surface area (Å²) >= 11 is 6.20. The van der Waals surface area contributed by atoms with Crippen LogP contribution < -0.4 is 15.4 Å². The Morgan fingerprint density at radius 2 is 2.08 bits per heavy atom. The van der Waals surface area contributed by atoms with Gasteiger partial charge in [-0.2, -0.15) is 0 Å². The normalized spacial score (nSPS) is 11.7. The van der Waals surface area contributed by atoms with Crippen LogP contribution >= 0.6 is 11.6 Å². The number of ether oxygens (including phenoxy) is 1. The van der Waals surface area contributed by atoms with Crippen molar-refractivity contribution < 1.29 is 9.15 Å². The summed E-state index contributed by atoms with van der Waals surface area (Å²) in [4.78, 5) is 5.83. The summed E-state index contributed by atoms with van der Waals surface area (Å²) < 4.78 is 11.5. The molecule has 0 aliphatic heterocycles.